The number of nitrogens with one attached hydrogen (secondary N) is 1. The Morgan fingerprint density at radius 1 is 1.17 bits per heavy atom. The number of carbonyl (C=O) groups is 2. The molecular weight excluding hydrogens is 326 g/mol. The monoisotopic (exact) mass is 343 g/mol. The summed E-state index contributed by atoms with van der Waals surface area (Å²) in [6.07, 6.45) is 4.68. The van der Waals surface area contributed by atoms with Crippen LogP contribution in [0.1, 0.15) is 28.8 Å². The summed E-state index contributed by atoms with van der Waals surface area (Å²) in [5.41, 5.74) is 1.53. The van der Waals surface area contributed by atoms with Gasteiger partial charge in [0.25, 0.3) is 5.91 Å². The van der Waals surface area contributed by atoms with E-state index in [-0.39, 0.29) is 11.8 Å². The molecule has 1 unspecified atom stereocenters. The highest BCUT2D eigenvalue weighted by atomic mass is 35.5. The van der Waals surface area contributed by atoms with Crippen molar-refractivity contribution in [1.29, 1.82) is 0 Å². The molecule has 0 radical (unpaired) electrons. The fraction of sp³-hybridized carbons (Fsp3) is 0.278. The summed E-state index contributed by atoms with van der Waals surface area (Å²) >= 11 is 5.85. The van der Waals surface area contributed by atoms with Gasteiger partial charge in [0.2, 0.25) is 5.91 Å². The van der Waals surface area contributed by atoms with E-state index in [1.54, 1.807) is 41.6 Å². The SMILES string of the molecule is O=C(NCc1ccc(Cl)cc1)C1CCCN1C(=O)c1ccncc1. The topological polar surface area (TPSA) is 62.3 Å². The quantitative estimate of drug-likeness (QED) is 0.928. The van der Waals surface area contributed by atoms with Crippen molar-refractivity contribution in [1.82, 2.24) is 15.2 Å². The Labute approximate surface area is 145 Å². The first-order chi connectivity index (χ1) is 11.6. The van der Waals surface area contributed by atoms with Crippen LogP contribution in [0, 0.1) is 0 Å². The Hall–Kier alpha value is -2.40. The minimum Gasteiger partial charge on any atom is -0.350 e. The van der Waals surface area contributed by atoms with E-state index in [9.17, 15) is 9.59 Å². The second-order valence-corrected chi connectivity index (χ2v) is 6.17. The van der Waals surface area contributed by atoms with Crippen molar-refractivity contribution in [3.8, 4) is 0 Å². The minimum atomic E-state index is -0.419. The van der Waals surface area contributed by atoms with E-state index >= 15 is 0 Å². The third-order valence-corrected chi connectivity index (χ3v) is 4.38. The van der Waals surface area contributed by atoms with E-state index in [1.165, 1.54) is 0 Å². The van der Waals surface area contributed by atoms with Gasteiger partial charge < -0.3 is 10.2 Å². The second kappa shape index (κ2) is 7.45. The van der Waals surface area contributed by atoms with Crippen LogP contribution < -0.4 is 5.32 Å². The molecule has 1 aliphatic rings. The standard InChI is InChI=1S/C18H18ClN3O2/c19-15-5-3-13(4-6-15)12-21-17(23)16-2-1-11-22(16)18(24)14-7-9-20-10-8-14/h3-10,16H,1-2,11-12H2,(H,21,23). The van der Waals surface area contributed by atoms with Crippen molar-refractivity contribution >= 4 is 23.4 Å². The normalized spacial score (nSPS) is 16.9. The molecule has 0 spiro atoms. The lowest BCUT2D eigenvalue weighted by molar-refractivity contribution is -0.125. The van der Waals surface area contributed by atoms with Gasteiger partial charge in [0.05, 0.1) is 0 Å². The number of benzene rings is 1. The van der Waals surface area contributed by atoms with Crippen molar-refractivity contribution in [3.05, 3.63) is 64.9 Å². The van der Waals surface area contributed by atoms with Crippen LogP contribution in [0.3, 0.4) is 0 Å². The van der Waals surface area contributed by atoms with E-state index in [0.717, 1.165) is 12.0 Å². The van der Waals surface area contributed by atoms with Crippen LogP contribution in [0.15, 0.2) is 48.8 Å². The first-order valence-corrected chi connectivity index (χ1v) is 8.26. The number of amides is 2. The number of hydrogen-bond acceptors (Lipinski definition) is 3. The van der Waals surface area contributed by atoms with Crippen molar-refractivity contribution in [2.24, 2.45) is 0 Å². The summed E-state index contributed by atoms with van der Waals surface area (Å²) in [5, 5.41) is 3.57. The zero-order chi connectivity index (χ0) is 16.9. The average Bonchev–Trinajstić information content (AvgIpc) is 3.11. The Kier molecular flexibility index (Phi) is 5.11. The average molecular weight is 344 g/mol. The Balaban J connectivity index is 1.63. The largest absolute Gasteiger partial charge is 0.350 e. The van der Waals surface area contributed by atoms with E-state index < -0.39 is 6.04 Å². The molecule has 2 aromatic rings. The molecule has 1 saturated heterocycles. The van der Waals surface area contributed by atoms with Crippen LogP contribution in [0.4, 0.5) is 0 Å². The van der Waals surface area contributed by atoms with Crippen LogP contribution in [0.5, 0.6) is 0 Å². The molecule has 3 rings (SSSR count). The molecule has 1 aliphatic heterocycles. The molecule has 0 bridgehead atoms. The van der Waals surface area contributed by atoms with Crippen molar-refractivity contribution in [2.75, 3.05) is 6.54 Å². The number of pyridine rings is 1. The number of likely N-dealkylation sites (tertiary alicyclic amines) is 1. The minimum absolute atomic E-state index is 0.121. The van der Waals surface area contributed by atoms with Gasteiger partial charge in [-0.3, -0.25) is 14.6 Å². The molecule has 1 aromatic carbocycles. The summed E-state index contributed by atoms with van der Waals surface area (Å²) in [6.45, 7) is 1.02. The number of halogens is 1. The van der Waals surface area contributed by atoms with E-state index in [1.807, 2.05) is 12.1 Å². The highest BCUT2D eigenvalue weighted by Gasteiger charge is 2.34. The van der Waals surface area contributed by atoms with Gasteiger partial charge in [-0.1, -0.05) is 23.7 Å². The molecule has 24 heavy (non-hydrogen) atoms. The molecule has 2 amide bonds. The zero-order valence-corrected chi connectivity index (χ0v) is 13.9. The van der Waals surface area contributed by atoms with Gasteiger partial charge >= 0.3 is 0 Å². The van der Waals surface area contributed by atoms with Crippen LogP contribution in [0.2, 0.25) is 5.02 Å². The van der Waals surface area contributed by atoms with Gasteiger partial charge in [0.15, 0.2) is 0 Å². The van der Waals surface area contributed by atoms with Gasteiger partial charge in [-0.15, -0.1) is 0 Å². The second-order valence-electron chi connectivity index (χ2n) is 5.74. The fourth-order valence-corrected chi connectivity index (χ4v) is 2.98. The van der Waals surface area contributed by atoms with Gasteiger partial charge in [-0.2, -0.15) is 0 Å². The van der Waals surface area contributed by atoms with Crippen LogP contribution in [-0.2, 0) is 11.3 Å². The predicted octanol–water partition coefficient (Wildman–Crippen LogP) is 2.66. The molecule has 1 N–H and O–H groups in total. The molecule has 0 aliphatic carbocycles. The predicted molar refractivity (Wildman–Crippen MR) is 91.6 cm³/mol. The van der Waals surface area contributed by atoms with Gasteiger partial charge in [-0.05, 0) is 42.7 Å². The van der Waals surface area contributed by atoms with Crippen LogP contribution in [-0.4, -0.2) is 34.3 Å². The highest BCUT2D eigenvalue weighted by Crippen LogP contribution is 2.20. The molecule has 1 fully saturated rings. The lowest BCUT2D eigenvalue weighted by atomic mass is 10.1. The summed E-state index contributed by atoms with van der Waals surface area (Å²) in [5.74, 6) is -0.244. The summed E-state index contributed by atoms with van der Waals surface area (Å²) < 4.78 is 0. The molecule has 0 saturated carbocycles. The van der Waals surface area contributed by atoms with E-state index in [2.05, 4.69) is 10.3 Å². The molecule has 1 atom stereocenters. The molecule has 124 valence electrons. The lowest BCUT2D eigenvalue weighted by Crippen LogP contribution is -2.45. The van der Waals surface area contributed by atoms with Gasteiger partial charge in [-0.25, -0.2) is 0 Å². The summed E-state index contributed by atoms with van der Waals surface area (Å²) in [7, 11) is 0. The van der Waals surface area contributed by atoms with Crippen molar-refractivity contribution < 1.29 is 9.59 Å². The lowest BCUT2D eigenvalue weighted by Gasteiger charge is -2.24. The van der Waals surface area contributed by atoms with Gasteiger partial charge in [0, 0.05) is 36.1 Å². The number of aromatic nitrogens is 1. The maximum Gasteiger partial charge on any atom is 0.254 e. The van der Waals surface area contributed by atoms with Crippen LogP contribution >= 0.6 is 11.6 Å². The first kappa shape index (κ1) is 16.5. The molecule has 1 aromatic heterocycles. The Morgan fingerprint density at radius 3 is 2.58 bits per heavy atom. The number of nitrogens with zero attached hydrogens (tertiary/aromatic N) is 2. The van der Waals surface area contributed by atoms with Crippen molar-refractivity contribution in [3.63, 3.8) is 0 Å². The van der Waals surface area contributed by atoms with E-state index in [0.29, 0.717) is 30.1 Å². The maximum absolute atomic E-state index is 12.6. The summed E-state index contributed by atoms with van der Waals surface area (Å²) in [6, 6.07) is 10.2. The molecule has 6 heteroatoms. The molecular formula is C18H18ClN3O2. The zero-order valence-electron chi connectivity index (χ0n) is 13.1. The number of carbonyl (C=O) groups excluding carboxylic acids is 2. The maximum atomic E-state index is 12.6. The molecule has 5 nitrogen and oxygen atoms in total. The first-order valence-electron chi connectivity index (χ1n) is 7.88. The Bertz CT molecular complexity index is 719. The Morgan fingerprint density at radius 2 is 1.88 bits per heavy atom. The number of rotatable bonds is 4. The summed E-state index contributed by atoms with van der Waals surface area (Å²) in [4.78, 5) is 30.6. The smallest absolute Gasteiger partial charge is 0.254 e. The van der Waals surface area contributed by atoms with Crippen LogP contribution in [0.25, 0.3) is 0 Å². The highest BCUT2D eigenvalue weighted by molar-refractivity contribution is 6.30. The fourth-order valence-electron chi connectivity index (χ4n) is 2.85. The molecule has 2 heterocycles. The third-order valence-electron chi connectivity index (χ3n) is 4.12. The van der Waals surface area contributed by atoms with Gasteiger partial charge in [0.1, 0.15) is 6.04 Å². The number of hydrogen-bond donors (Lipinski definition) is 1. The third kappa shape index (κ3) is 3.74. The van der Waals surface area contributed by atoms with Crippen molar-refractivity contribution in [2.45, 2.75) is 25.4 Å². The van der Waals surface area contributed by atoms with E-state index in [4.69, 9.17) is 11.6 Å².